The van der Waals surface area contributed by atoms with Crippen molar-refractivity contribution in [3.05, 3.63) is 0 Å². The first-order valence-corrected chi connectivity index (χ1v) is 7.46. The number of nitrogens with one attached hydrogen (secondary N) is 1. The van der Waals surface area contributed by atoms with Crippen LogP contribution in [0.25, 0.3) is 0 Å². The van der Waals surface area contributed by atoms with E-state index in [1.54, 1.807) is 11.8 Å². The van der Waals surface area contributed by atoms with Gasteiger partial charge in [0.05, 0.1) is 5.25 Å². The zero-order chi connectivity index (χ0) is 11.7. The van der Waals surface area contributed by atoms with Gasteiger partial charge in [0.15, 0.2) is 0 Å². The van der Waals surface area contributed by atoms with Crippen LogP contribution in [0.3, 0.4) is 0 Å². The molecule has 2 fully saturated rings. The average Bonchev–Trinajstić information content (AvgIpc) is 2.65. The Labute approximate surface area is 114 Å². The van der Waals surface area contributed by atoms with E-state index in [0.717, 1.165) is 12.8 Å². The smallest absolute Gasteiger partial charge is 0.235 e. The molecule has 0 saturated carbocycles. The number of amides is 1. The average molecular weight is 279 g/mol. The minimum atomic E-state index is 0. The summed E-state index contributed by atoms with van der Waals surface area (Å²) in [4.78, 5) is 14.1. The van der Waals surface area contributed by atoms with E-state index in [0.29, 0.717) is 24.0 Å². The van der Waals surface area contributed by atoms with Gasteiger partial charge < -0.3 is 10.2 Å². The van der Waals surface area contributed by atoms with Crippen molar-refractivity contribution < 1.29 is 4.79 Å². The van der Waals surface area contributed by atoms with Crippen LogP contribution in [0.1, 0.15) is 32.6 Å². The summed E-state index contributed by atoms with van der Waals surface area (Å²) in [7, 11) is 1.98. The van der Waals surface area contributed by atoms with Crippen molar-refractivity contribution >= 4 is 30.1 Å². The molecule has 0 aromatic heterocycles. The van der Waals surface area contributed by atoms with Gasteiger partial charge in [-0.05, 0) is 38.9 Å². The highest BCUT2D eigenvalue weighted by Gasteiger charge is 2.36. The number of carbonyl (C=O) groups is 1. The van der Waals surface area contributed by atoms with E-state index in [2.05, 4.69) is 5.32 Å². The lowest BCUT2D eigenvalue weighted by atomic mass is 9.98. The van der Waals surface area contributed by atoms with E-state index in [9.17, 15) is 4.79 Å². The zero-order valence-electron chi connectivity index (χ0n) is 10.8. The molecule has 0 radical (unpaired) electrons. The number of piperidine rings is 1. The highest BCUT2D eigenvalue weighted by molar-refractivity contribution is 7.99. The van der Waals surface area contributed by atoms with Gasteiger partial charge in [-0.2, -0.15) is 11.8 Å². The molecular weight excluding hydrogens is 256 g/mol. The van der Waals surface area contributed by atoms with E-state index in [4.69, 9.17) is 0 Å². The van der Waals surface area contributed by atoms with Gasteiger partial charge in [-0.3, -0.25) is 4.79 Å². The van der Waals surface area contributed by atoms with Crippen molar-refractivity contribution in [2.24, 2.45) is 0 Å². The van der Waals surface area contributed by atoms with Crippen molar-refractivity contribution in [1.82, 2.24) is 10.2 Å². The summed E-state index contributed by atoms with van der Waals surface area (Å²) in [5, 5.41) is 3.71. The third-order valence-corrected chi connectivity index (χ3v) is 4.95. The van der Waals surface area contributed by atoms with Crippen LogP contribution in [0.5, 0.6) is 0 Å². The molecule has 2 aliphatic heterocycles. The van der Waals surface area contributed by atoms with E-state index in [1.807, 2.05) is 25.1 Å². The van der Waals surface area contributed by atoms with Crippen molar-refractivity contribution in [2.45, 2.75) is 56.0 Å². The maximum absolute atomic E-state index is 12.1. The highest BCUT2D eigenvalue weighted by Crippen LogP contribution is 2.29. The van der Waals surface area contributed by atoms with Crippen LogP contribution in [0, 0.1) is 0 Å². The number of nitrogens with zero attached hydrogens (tertiary/aromatic N) is 1. The van der Waals surface area contributed by atoms with Crippen LogP contribution in [0.15, 0.2) is 0 Å². The lowest BCUT2D eigenvalue weighted by Crippen LogP contribution is -2.50. The molecule has 0 aromatic carbocycles. The molecular formula is C12H23ClN2OS. The highest BCUT2D eigenvalue weighted by atomic mass is 35.5. The Hall–Kier alpha value is 0.0700. The maximum atomic E-state index is 12.1. The summed E-state index contributed by atoms with van der Waals surface area (Å²) in [5.41, 5.74) is 0. The Kier molecular flexibility index (Phi) is 5.61. The summed E-state index contributed by atoms with van der Waals surface area (Å²) in [5.74, 6) is 0.291. The standard InChI is InChI=1S/C12H22N2OS.ClH/c1-8(16-3)12(15)14(2)11-6-9-4-5-10(7-11)13-9;/h8-11,13H,4-7H2,1-3H3;1H. The first-order chi connectivity index (χ1) is 7.61. The molecule has 17 heavy (non-hydrogen) atoms. The van der Waals surface area contributed by atoms with Gasteiger partial charge in [0, 0.05) is 25.2 Å². The molecule has 1 amide bonds. The summed E-state index contributed by atoms with van der Waals surface area (Å²) in [6.07, 6.45) is 6.87. The maximum Gasteiger partial charge on any atom is 0.235 e. The second-order valence-electron chi connectivity index (χ2n) is 5.09. The number of carbonyl (C=O) groups excluding carboxylic acids is 1. The van der Waals surface area contributed by atoms with E-state index in [1.165, 1.54) is 12.8 Å². The summed E-state index contributed by atoms with van der Waals surface area (Å²) >= 11 is 1.64. The van der Waals surface area contributed by atoms with E-state index in [-0.39, 0.29) is 17.7 Å². The molecule has 3 nitrogen and oxygen atoms in total. The van der Waals surface area contributed by atoms with Gasteiger partial charge in [-0.1, -0.05) is 0 Å². The molecule has 2 heterocycles. The SMILES string of the molecule is CSC(C)C(=O)N(C)C1CC2CCC(C1)N2.Cl. The van der Waals surface area contributed by atoms with Gasteiger partial charge in [-0.25, -0.2) is 0 Å². The number of rotatable bonds is 3. The minimum absolute atomic E-state index is 0. The lowest BCUT2D eigenvalue weighted by molar-refractivity contribution is -0.131. The first-order valence-electron chi connectivity index (χ1n) is 6.17. The van der Waals surface area contributed by atoms with Crippen molar-refractivity contribution in [1.29, 1.82) is 0 Å². The normalized spacial score (nSPS) is 32.8. The largest absolute Gasteiger partial charge is 0.342 e. The van der Waals surface area contributed by atoms with Gasteiger partial charge in [0.25, 0.3) is 0 Å². The molecule has 2 aliphatic rings. The Morgan fingerprint density at radius 3 is 2.35 bits per heavy atom. The molecule has 2 bridgehead atoms. The Morgan fingerprint density at radius 1 is 1.35 bits per heavy atom. The number of hydrogen-bond donors (Lipinski definition) is 1. The van der Waals surface area contributed by atoms with Crippen LogP contribution in [0.2, 0.25) is 0 Å². The molecule has 2 saturated heterocycles. The quantitative estimate of drug-likeness (QED) is 0.856. The molecule has 0 aliphatic carbocycles. The third kappa shape index (κ3) is 3.30. The second kappa shape index (κ2) is 6.30. The molecule has 0 aromatic rings. The molecule has 3 atom stereocenters. The Bertz CT molecular complexity index is 265. The number of hydrogen-bond acceptors (Lipinski definition) is 3. The Morgan fingerprint density at radius 2 is 1.88 bits per heavy atom. The van der Waals surface area contributed by atoms with Crippen LogP contribution in [0.4, 0.5) is 0 Å². The molecule has 100 valence electrons. The van der Waals surface area contributed by atoms with E-state index >= 15 is 0 Å². The fourth-order valence-electron chi connectivity index (χ4n) is 2.91. The first kappa shape index (κ1) is 15.1. The Balaban J connectivity index is 0.00000144. The molecule has 5 heteroatoms. The summed E-state index contributed by atoms with van der Waals surface area (Å²) in [6, 6.07) is 1.77. The number of fused-ring (bicyclic) bond motifs is 2. The van der Waals surface area contributed by atoms with Crippen molar-refractivity contribution in [3.63, 3.8) is 0 Å². The zero-order valence-corrected chi connectivity index (χ0v) is 12.4. The van der Waals surface area contributed by atoms with Crippen LogP contribution in [-0.4, -0.2) is 47.5 Å². The summed E-state index contributed by atoms with van der Waals surface area (Å²) in [6.45, 7) is 2.00. The van der Waals surface area contributed by atoms with Gasteiger partial charge >= 0.3 is 0 Å². The van der Waals surface area contributed by atoms with Gasteiger partial charge in [0.1, 0.15) is 0 Å². The molecule has 1 N–H and O–H groups in total. The molecule has 2 rings (SSSR count). The fraction of sp³-hybridized carbons (Fsp3) is 0.917. The van der Waals surface area contributed by atoms with Crippen molar-refractivity contribution in [3.8, 4) is 0 Å². The predicted molar refractivity (Wildman–Crippen MR) is 76.0 cm³/mol. The van der Waals surface area contributed by atoms with Gasteiger partial charge in [0.2, 0.25) is 5.91 Å². The van der Waals surface area contributed by atoms with Crippen molar-refractivity contribution in [2.75, 3.05) is 13.3 Å². The monoisotopic (exact) mass is 278 g/mol. The van der Waals surface area contributed by atoms with Crippen LogP contribution in [-0.2, 0) is 4.79 Å². The van der Waals surface area contributed by atoms with Crippen LogP contribution < -0.4 is 5.32 Å². The fourth-order valence-corrected chi connectivity index (χ4v) is 3.28. The summed E-state index contributed by atoms with van der Waals surface area (Å²) < 4.78 is 0. The second-order valence-corrected chi connectivity index (χ2v) is 6.27. The van der Waals surface area contributed by atoms with E-state index < -0.39 is 0 Å². The lowest BCUT2D eigenvalue weighted by Gasteiger charge is -2.36. The third-order valence-electron chi connectivity index (χ3n) is 4.04. The number of thioether (sulfide) groups is 1. The molecule has 3 unspecified atom stereocenters. The number of halogens is 1. The van der Waals surface area contributed by atoms with Crippen LogP contribution >= 0.6 is 24.2 Å². The minimum Gasteiger partial charge on any atom is -0.342 e. The van der Waals surface area contributed by atoms with Gasteiger partial charge in [-0.15, -0.1) is 12.4 Å². The molecule has 0 spiro atoms. The topological polar surface area (TPSA) is 32.3 Å². The predicted octanol–water partition coefficient (Wildman–Crippen LogP) is 1.90.